The molecule has 1 aliphatic rings. The van der Waals surface area contributed by atoms with Gasteiger partial charge in [-0.15, -0.1) is 0 Å². The van der Waals surface area contributed by atoms with E-state index in [4.69, 9.17) is 5.73 Å². The van der Waals surface area contributed by atoms with Crippen LogP contribution in [0.4, 0.5) is 10.1 Å². The van der Waals surface area contributed by atoms with E-state index in [-0.39, 0.29) is 17.2 Å². The summed E-state index contributed by atoms with van der Waals surface area (Å²) in [6.07, 6.45) is 0. The van der Waals surface area contributed by atoms with Crippen molar-refractivity contribution in [2.75, 3.05) is 32.9 Å². The first-order valence-corrected chi connectivity index (χ1v) is 6.41. The minimum Gasteiger partial charge on any atom is -0.396 e. The van der Waals surface area contributed by atoms with E-state index in [0.717, 1.165) is 0 Å². The molecule has 0 saturated carbocycles. The Morgan fingerprint density at radius 3 is 2.68 bits per heavy atom. The largest absolute Gasteiger partial charge is 0.396 e. The van der Waals surface area contributed by atoms with Gasteiger partial charge in [0.15, 0.2) is 0 Å². The van der Waals surface area contributed by atoms with E-state index in [2.05, 4.69) is 11.8 Å². The highest BCUT2D eigenvalue weighted by atomic mass is 19.1. The second-order valence-corrected chi connectivity index (χ2v) is 5.42. The highest BCUT2D eigenvalue weighted by molar-refractivity contribution is 5.99. The van der Waals surface area contributed by atoms with Crippen LogP contribution < -0.4 is 5.73 Å². The molecule has 1 amide bonds. The second-order valence-electron chi connectivity index (χ2n) is 5.42. The highest BCUT2D eigenvalue weighted by Gasteiger charge is 2.34. The average Bonchev–Trinajstić information content (AvgIpc) is 2.74. The van der Waals surface area contributed by atoms with Gasteiger partial charge >= 0.3 is 0 Å². The molecule has 2 atom stereocenters. The van der Waals surface area contributed by atoms with Gasteiger partial charge in [-0.05, 0) is 32.1 Å². The van der Waals surface area contributed by atoms with Crippen molar-refractivity contribution >= 4 is 11.6 Å². The van der Waals surface area contributed by atoms with Crippen LogP contribution in [0.25, 0.3) is 0 Å². The number of hydrogen-bond donors (Lipinski definition) is 1. The van der Waals surface area contributed by atoms with Crippen LogP contribution in [-0.2, 0) is 0 Å². The molecule has 1 aromatic carbocycles. The molecule has 1 saturated heterocycles. The van der Waals surface area contributed by atoms with E-state index in [1.165, 1.54) is 12.1 Å². The van der Waals surface area contributed by atoms with Crippen molar-refractivity contribution in [1.82, 2.24) is 9.80 Å². The lowest BCUT2D eigenvalue weighted by Crippen LogP contribution is -2.36. The molecule has 0 bridgehead atoms. The highest BCUT2D eigenvalue weighted by Crippen LogP contribution is 2.24. The number of nitrogens with zero attached hydrogens (tertiary/aromatic N) is 2. The van der Waals surface area contributed by atoms with E-state index >= 15 is 0 Å². The molecule has 0 radical (unpaired) electrons. The van der Waals surface area contributed by atoms with Crippen LogP contribution in [-0.4, -0.2) is 48.9 Å². The number of halogens is 1. The van der Waals surface area contributed by atoms with Gasteiger partial charge in [0.05, 0.1) is 11.3 Å². The summed E-state index contributed by atoms with van der Waals surface area (Å²) < 4.78 is 13.4. The van der Waals surface area contributed by atoms with Gasteiger partial charge < -0.3 is 15.5 Å². The first kappa shape index (κ1) is 13.8. The quantitative estimate of drug-likeness (QED) is 0.823. The molecule has 2 rings (SSSR count). The van der Waals surface area contributed by atoms with Gasteiger partial charge in [0.2, 0.25) is 0 Å². The monoisotopic (exact) mass is 265 g/mol. The van der Waals surface area contributed by atoms with Crippen LogP contribution in [0.1, 0.15) is 17.3 Å². The molecule has 2 unspecified atom stereocenters. The second kappa shape index (κ2) is 5.17. The maximum absolute atomic E-state index is 13.4. The SMILES string of the molecule is CC1CN(C(=O)c2cccc(F)c2N)CC1N(C)C. The number of rotatable bonds is 2. The van der Waals surface area contributed by atoms with Crippen molar-refractivity contribution in [1.29, 1.82) is 0 Å². The Kier molecular flexibility index (Phi) is 3.75. The molecular formula is C14H20FN3O. The van der Waals surface area contributed by atoms with Crippen LogP contribution in [0.5, 0.6) is 0 Å². The molecule has 1 aliphatic heterocycles. The fraction of sp³-hybridized carbons (Fsp3) is 0.500. The van der Waals surface area contributed by atoms with Crippen LogP contribution in [0, 0.1) is 11.7 Å². The number of para-hydroxylation sites is 1. The third kappa shape index (κ3) is 2.56. The van der Waals surface area contributed by atoms with Crippen LogP contribution in [0.3, 0.4) is 0 Å². The molecule has 0 spiro atoms. The van der Waals surface area contributed by atoms with Gasteiger partial charge in [0, 0.05) is 19.1 Å². The molecule has 104 valence electrons. The van der Waals surface area contributed by atoms with E-state index < -0.39 is 5.82 Å². The number of likely N-dealkylation sites (N-methyl/N-ethyl adjacent to an activating group) is 1. The number of carbonyl (C=O) groups excluding carboxylic acids is 1. The standard InChI is InChI=1S/C14H20FN3O/c1-9-7-18(8-12(9)17(2)3)14(19)10-5-4-6-11(15)13(10)16/h4-6,9,12H,7-8,16H2,1-3H3. The zero-order valence-corrected chi connectivity index (χ0v) is 11.6. The van der Waals surface area contributed by atoms with E-state index in [0.29, 0.717) is 25.0 Å². The molecule has 1 fully saturated rings. The Labute approximate surface area is 113 Å². The van der Waals surface area contributed by atoms with Crippen LogP contribution >= 0.6 is 0 Å². The Morgan fingerprint density at radius 1 is 1.42 bits per heavy atom. The first-order chi connectivity index (χ1) is 8.91. The smallest absolute Gasteiger partial charge is 0.256 e. The lowest BCUT2D eigenvalue weighted by atomic mass is 10.1. The number of benzene rings is 1. The van der Waals surface area contributed by atoms with Gasteiger partial charge in [-0.2, -0.15) is 0 Å². The molecule has 4 nitrogen and oxygen atoms in total. The summed E-state index contributed by atoms with van der Waals surface area (Å²) >= 11 is 0. The van der Waals surface area contributed by atoms with E-state index in [1.807, 2.05) is 14.1 Å². The van der Waals surface area contributed by atoms with Gasteiger partial charge in [-0.1, -0.05) is 13.0 Å². The number of carbonyl (C=O) groups is 1. The summed E-state index contributed by atoms with van der Waals surface area (Å²) in [6, 6.07) is 4.69. The van der Waals surface area contributed by atoms with Crippen molar-refractivity contribution in [2.24, 2.45) is 5.92 Å². The predicted octanol–water partition coefficient (Wildman–Crippen LogP) is 1.43. The first-order valence-electron chi connectivity index (χ1n) is 6.41. The van der Waals surface area contributed by atoms with Gasteiger partial charge in [-0.25, -0.2) is 4.39 Å². The summed E-state index contributed by atoms with van der Waals surface area (Å²) in [5.74, 6) is -0.329. The minimum absolute atomic E-state index is 0.0616. The Balaban J connectivity index is 2.20. The van der Waals surface area contributed by atoms with Crippen molar-refractivity contribution in [3.63, 3.8) is 0 Å². The van der Waals surface area contributed by atoms with Crippen molar-refractivity contribution in [2.45, 2.75) is 13.0 Å². The zero-order chi connectivity index (χ0) is 14.2. The van der Waals surface area contributed by atoms with Crippen LogP contribution in [0.15, 0.2) is 18.2 Å². The number of anilines is 1. The molecule has 5 heteroatoms. The fourth-order valence-corrected chi connectivity index (χ4v) is 2.68. The Morgan fingerprint density at radius 2 is 2.11 bits per heavy atom. The predicted molar refractivity (Wildman–Crippen MR) is 73.4 cm³/mol. The summed E-state index contributed by atoms with van der Waals surface area (Å²) in [6.45, 7) is 3.45. The number of amides is 1. The lowest BCUT2D eigenvalue weighted by molar-refractivity contribution is 0.0782. The molecule has 1 heterocycles. The van der Waals surface area contributed by atoms with Gasteiger partial charge in [0.25, 0.3) is 5.91 Å². The molecule has 1 aromatic rings. The number of likely N-dealkylation sites (tertiary alicyclic amines) is 1. The minimum atomic E-state index is -0.540. The topological polar surface area (TPSA) is 49.6 Å². The van der Waals surface area contributed by atoms with Gasteiger partial charge in [0.1, 0.15) is 5.82 Å². The summed E-state index contributed by atoms with van der Waals surface area (Å²) in [5.41, 5.74) is 5.84. The molecule has 2 N–H and O–H groups in total. The molecule has 0 aromatic heterocycles. The summed E-state index contributed by atoms with van der Waals surface area (Å²) in [7, 11) is 4.01. The summed E-state index contributed by atoms with van der Waals surface area (Å²) in [5, 5.41) is 0. The average molecular weight is 265 g/mol. The molecule has 19 heavy (non-hydrogen) atoms. The number of nitrogens with two attached hydrogens (primary N) is 1. The third-order valence-corrected chi connectivity index (χ3v) is 3.81. The number of hydrogen-bond acceptors (Lipinski definition) is 3. The van der Waals surface area contributed by atoms with Gasteiger partial charge in [-0.3, -0.25) is 4.79 Å². The molecular weight excluding hydrogens is 245 g/mol. The molecule has 0 aliphatic carbocycles. The Hall–Kier alpha value is -1.62. The summed E-state index contributed by atoms with van der Waals surface area (Å²) in [4.78, 5) is 16.3. The van der Waals surface area contributed by atoms with E-state index in [9.17, 15) is 9.18 Å². The Bertz CT molecular complexity index is 490. The lowest BCUT2D eigenvalue weighted by Gasteiger charge is -2.22. The fourth-order valence-electron chi connectivity index (χ4n) is 2.68. The van der Waals surface area contributed by atoms with Crippen molar-refractivity contribution < 1.29 is 9.18 Å². The maximum atomic E-state index is 13.4. The maximum Gasteiger partial charge on any atom is 0.256 e. The zero-order valence-electron chi connectivity index (χ0n) is 11.6. The van der Waals surface area contributed by atoms with Crippen molar-refractivity contribution in [3.05, 3.63) is 29.6 Å². The third-order valence-electron chi connectivity index (χ3n) is 3.81. The number of nitrogen functional groups attached to an aromatic ring is 1. The van der Waals surface area contributed by atoms with Crippen LogP contribution in [0.2, 0.25) is 0 Å². The van der Waals surface area contributed by atoms with E-state index in [1.54, 1.807) is 11.0 Å². The normalized spacial score (nSPS) is 23.1. The van der Waals surface area contributed by atoms with Crippen molar-refractivity contribution in [3.8, 4) is 0 Å².